The summed E-state index contributed by atoms with van der Waals surface area (Å²) in [4.78, 5) is 21.9. The lowest BCUT2D eigenvalue weighted by molar-refractivity contribution is -0.385. The monoisotopic (exact) mass is 251 g/mol. The molecule has 1 aromatic rings. The first-order chi connectivity index (χ1) is 8.58. The molecule has 98 valence electrons. The molecule has 6 heteroatoms. The van der Waals surface area contributed by atoms with E-state index in [0.29, 0.717) is 30.6 Å². The molecule has 18 heavy (non-hydrogen) atoms. The van der Waals surface area contributed by atoms with Gasteiger partial charge in [0.15, 0.2) is 0 Å². The summed E-state index contributed by atoms with van der Waals surface area (Å²) in [6.07, 6.45) is 0.921. The van der Waals surface area contributed by atoms with E-state index in [1.165, 1.54) is 6.07 Å². The van der Waals surface area contributed by atoms with Crippen molar-refractivity contribution in [2.45, 2.75) is 19.8 Å². The molecule has 0 atom stereocenters. The van der Waals surface area contributed by atoms with Gasteiger partial charge in [-0.2, -0.15) is 0 Å². The first-order valence-corrected chi connectivity index (χ1v) is 5.80. The van der Waals surface area contributed by atoms with Crippen LogP contribution in [0.1, 0.15) is 18.9 Å². The van der Waals surface area contributed by atoms with Crippen LogP contribution in [0.2, 0.25) is 0 Å². The molecule has 6 nitrogen and oxygen atoms in total. The summed E-state index contributed by atoms with van der Waals surface area (Å²) in [6.45, 7) is 2.43. The third kappa shape index (κ3) is 3.81. The van der Waals surface area contributed by atoms with Gasteiger partial charge in [0.2, 0.25) is 5.91 Å². The van der Waals surface area contributed by atoms with Gasteiger partial charge in [0, 0.05) is 30.3 Å². The molecule has 1 aromatic carbocycles. The number of hydrogen-bond acceptors (Lipinski definition) is 4. The minimum atomic E-state index is -0.428. The Kier molecular flexibility index (Phi) is 5.26. The van der Waals surface area contributed by atoms with Gasteiger partial charge in [-0.15, -0.1) is 0 Å². The van der Waals surface area contributed by atoms with Gasteiger partial charge < -0.3 is 10.6 Å². The van der Waals surface area contributed by atoms with Gasteiger partial charge in [-0.05, 0) is 19.5 Å². The smallest absolute Gasteiger partial charge is 0.274 e. The van der Waals surface area contributed by atoms with Crippen molar-refractivity contribution in [1.82, 2.24) is 5.32 Å². The predicted molar refractivity (Wildman–Crippen MR) is 69.6 cm³/mol. The maximum Gasteiger partial charge on any atom is 0.274 e. The second-order valence-electron chi connectivity index (χ2n) is 3.86. The van der Waals surface area contributed by atoms with Crippen LogP contribution in [-0.4, -0.2) is 24.4 Å². The Labute approximate surface area is 106 Å². The van der Waals surface area contributed by atoms with E-state index in [2.05, 4.69) is 10.6 Å². The molecule has 0 fully saturated rings. The number of nitrogens with one attached hydrogen (secondary N) is 2. The van der Waals surface area contributed by atoms with Crippen molar-refractivity contribution in [3.05, 3.63) is 33.9 Å². The average molecular weight is 251 g/mol. The molecule has 0 aliphatic rings. The number of amides is 1. The van der Waals surface area contributed by atoms with Crippen LogP contribution in [0.4, 0.5) is 11.4 Å². The van der Waals surface area contributed by atoms with Crippen LogP contribution >= 0.6 is 0 Å². The topological polar surface area (TPSA) is 84.3 Å². The molecular formula is C12H17N3O3. The number of benzene rings is 1. The molecule has 0 heterocycles. The van der Waals surface area contributed by atoms with Gasteiger partial charge in [-0.25, -0.2) is 0 Å². The Morgan fingerprint density at radius 1 is 1.44 bits per heavy atom. The van der Waals surface area contributed by atoms with Gasteiger partial charge in [-0.3, -0.25) is 14.9 Å². The van der Waals surface area contributed by atoms with Gasteiger partial charge in [0.25, 0.3) is 5.69 Å². The maximum atomic E-state index is 11.5. The lowest BCUT2D eigenvalue weighted by Gasteiger charge is -2.06. The summed E-state index contributed by atoms with van der Waals surface area (Å²) in [5.74, 6) is -0.164. The molecule has 0 aliphatic carbocycles. The number of nitrogens with zero attached hydrogens (tertiary/aromatic N) is 1. The van der Waals surface area contributed by atoms with Gasteiger partial charge >= 0.3 is 0 Å². The Bertz CT molecular complexity index is 446. The van der Waals surface area contributed by atoms with Crippen molar-refractivity contribution >= 4 is 17.3 Å². The lowest BCUT2D eigenvalue weighted by atomic mass is 10.1. The molecule has 2 N–H and O–H groups in total. The molecule has 0 unspecified atom stereocenters. The Hall–Kier alpha value is -1.95. The van der Waals surface area contributed by atoms with Crippen molar-refractivity contribution in [3.8, 4) is 0 Å². The fourth-order valence-corrected chi connectivity index (χ4v) is 1.57. The van der Waals surface area contributed by atoms with Crippen molar-refractivity contribution in [2.24, 2.45) is 0 Å². The Balaban J connectivity index is 2.82. The van der Waals surface area contributed by atoms with Crippen molar-refractivity contribution < 1.29 is 9.72 Å². The quantitative estimate of drug-likeness (QED) is 0.595. The number of nitro benzene ring substituents is 1. The van der Waals surface area contributed by atoms with E-state index in [9.17, 15) is 14.9 Å². The number of hydrogen-bond donors (Lipinski definition) is 2. The molecular weight excluding hydrogens is 234 g/mol. The second kappa shape index (κ2) is 6.70. The molecule has 1 amide bonds. The number of anilines is 1. The number of aryl methyl sites for hydroxylation is 1. The van der Waals surface area contributed by atoms with Crippen molar-refractivity contribution in [1.29, 1.82) is 0 Å². The highest BCUT2D eigenvalue weighted by molar-refractivity contribution is 5.91. The lowest BCUT2D eigenvalue weighted by Crippen LogP contribution is -2.18. The minimum absolute atomic E-state index is 0.0453. The fraction of sp³-hybridized carbons (Fsp3) is 0.417. The highest BCUT2D eigenvalue weighted by Crippen LogP contribution is 2.23. The molecule has 0 radical (unpaired) electrons. The van der Waals surface area contributed by atoms with Gasteiger partial charge in [0.05, 0.1) is 4.92 Å². The zero-order valence-electron chi connectivity index (χ0n) is 10.5. The first kappa shape index (κ1) is 14.1. The minimum Gasteiger partial charge on any atom is -0.326 e. The van der Waals surface area contributed by atoms with E-state index in [0.717, 1.165) is 0 Å². The molecule has 1 rings (SSSR count). The predicted octanol–water partition coefficient (Wildman–Crippen LogP) is 1.71. The van der Waals surface area contributed by atoms with Crippen LogP contribution < -0.4 is 10.6 Å². The standard InChI is InChI=1S/C12H17N3O3/c1-3-9-4-5-10(8-11(9)15(17)18)14-12(16)6-7-13-2/h4-5,8,13H,3,6-7H2,1-2H3,(H,14,16). The zero-order chi connectivity index (χ0) is 13.5. The average Bonchev–Trinajstić information content (AvgIpc) is 2.36. The van der Waals surface area contributed by atoms with Gasteiger partial charge in [0.1, 0.15) is 0 Å². The Morgan fingerprint density at radius 3 is 2.72 bits per heavy atom. The van der Waals surface area contributed by atoms with Crippen LogP contribution in [0.15, 0.2) is 18.2 Å². The highest BCUT2D eigenvalue weighted by atomic mass is 16.6. The number of carbonyl (C=O) groups is 1. The highest BCUT2D eigenvalue weighted by Gasteiger charge is 2.13. The number of nitro groups is 1. The normalized spacial score (nSPS) is 10.1. The van der Waals surface area contributed by atoms with E-state index >= 15 is 0 Å². The molecule has 0 bridgehead atoms. The molecule has 0 saturated heterocycles. The van der Waals surface area contributed by atoms with E-state index in [4.69, 9.17) is 0 Å². The summed E-state index contributed by atoms with van der Waals surface area (Å²) in [6, 6.07) is 4.75. The van der Waals surface area contributed by atoms with E-state index < -0.39 is 4.92 Å². The summed E-state index contributed by atoms with van der Waals surface area (Å²) >= 11 is 0. The van der Waals surface area contributed by atoms with Gasteiger partial charge in [-0.1, -0.05) is 13.0 Å². The SMILES string of the molecule is CCc1ccc(NC(=O)CCNC)cc1[N+](=O)[O-]. The summed E-state index contributed by atoms with van der Waals surface area (Å²) in [7, 11) is 1.76. The largest absolute Gasteiger partial charge is 0.326 e. The number of carbonyl (C=O) groups excluding carboxylic acids is 1. The van der Waals surface area contributed by atoms with Crippen molar-refractivity contribution in [3.63, 3.8) is 0 Å². The van der Waals surface area contributed by atoms with E-state index in [1.807, 2.05) is 6.92 Å². The summed E-state index contributed by atoms with van der Waals surface area (Å²) in [5.41, 5.74) is 1.16. The first-order valence-electron chi connectivity index (χ1n) is 5.80. The summed E-state index contributed by atoms with van der Waals surface area (Å²) in [5, 5.41) is 16.4. The van der Waals surface area contributed by atoms with Crippen LogP contribution in [0.5, 0.6) is 0 Å². The maximum absolute atomic E-state index is 11.5. The van der Waals surface area contributed by atoms with Crippen LogP contribution in [0.25, 0.3) is 0 Å². The van der Waals surface area contributed by atoms with Crippen LogP contribution in [0, 0.1) is 10.1 Å². The molecule has 0 spiro atoms. The fourth-order valence-electron chi connectivity index (χ4n) is 1.57. The van der Waals surface area contributed by atoms with E-state index in [1.54, 1.807) is 19.2 Å². The third-order valence-corrected chi connectivity index (χ3v) is 2.55. The molecule has 0 saturated carbocycles. The van der Waals surface area contributed by atoms with Crippen LogP contribution in [0.3, 0.4) is 0 Å². The van der Waals surface area contributed by atoms with Crippen LogP contribution in [-0.2, 0) is 11.2 Å². The summed E-state index contributed by atoms with van der Waals surface area (Å²) < 4.78 is 0. The zero-order valence-corrected chi connectivity index (χ0v) is 10.5. The second-order valence-corrected chi connectivity index (χ2v) is 3.86. The Morgan fingerprint density at radius 2 is 2.17 bits per heavy atom. The van der Waals surface area contributed by atoms with Crippen molar-refractivity contribution in [2.75, 3.05) is 18.9 Å². The number of rotatable bonds is 6. The molecule has 0 aliphatic heterocycles. The third-order valence-electron chi connectivity index (χ3n) is 2.55. The molecule has 0 aromatic heterocycles. The van der Waals surface area contributed by atoms with E-state index in [-0.39, 0.29) is 11.6 Å².